The van der Waals surface area contributed by atoms with Crippen LogP contribution >= 0.6 is 0 Å². The SMILES string of the molecule is COc1ccc2cc([C@H](C)C(=O)Nc3cccc(C(=O)N4CCCC4)c3C)ccc2c1. The smallest absolute Gasteiger partial charge is 0.254 e. The van der Waals surface area contributed by atoms with Crippen molar-refractivity contribution in [3.63, 3.8) is 0 Å². The number of anilines is 1. The minimum atomic E-state index is -0.330. The number of carbonyl (C=O) groups excluding carboxylic acids is 2. The Bertz CT molecular complexity index is 1130. The Morgan fingerprint density at radius 1 is 1.00 bits per heavy atom. The van der Waals surface area contributed by atoms with Crippen molar-refractivity contribution in [3.8, 4) is 5.75 Å². The second-order valence-corrected chi connectivity index (χ2v) is 8.16. The molecule has 0 aromatic heterocycles. The lowest BCUT2D eigenvalue weighted by atomic mass is 9.96. The summed E-state index contributed by atoms with van der Waals surface area (Å²) in [6.07, 6.45) is 2.11. The number of nitrogens with zero attached hydrogens (tertiary/aromatic N) is 1. The third-order valence-corrected chi connectivity index (χ3v) is 6.18. The molecule has 0 aliphatic carbocycles. The molecule has 0 spiro atoms. The van der Waals surface area contributed by atoms with E-state index in [9.17, 15) is 9.59 Å². The Hall–Kier alpha value is -3.34. The molecule has 1 fully saturated rings. The fourth-order valence-corrected chi connectivity index (χ4v) is 4.12. The molecule has 1 saturated heterocycles. The van der Waals surface area contributed by atoms with Crippen LogP contribution in [0.2, 0.25) is 0 Å². The lowest BCUT2D eigenvalue weighted by molar-refractivity contribution is -0.117. The Labute approximate surface area is 183 Å². The summed E-state index contributed by atoms with van der Waals surface area (Å²) >= 11 is 0. The number of nitrogens with one attached hydrogen (secondary N) is 1. The van der Waals surface area contributed by atoms with Gasteiger partial charge in [-0.2, -0.15) is 0 Å². The molecule has 1 aliphatic heterocycles. The van der Waals surface area contributed by atoms with Crippen molar-refractivity contribution < 1.29 is 14.3 Å². The van der Waals surface area contributed by atoms with Crippen molar-refractivity contribution in [1.82, 2.24) is 4.90 Å². The monoisotopic (exact) mass is 416 g/mol. The van der Waals surface area contributed by atoms with Crippen LogP contribution in [0, 0.1) is 6.92 Å². The van der Waals surface area contributed by atoms with E-state index in [0.717, 1.165) is 53.6 Å². The summed E-state index contributed by atoms with van der Waals surface area (Å²) in [7, 11) is 1.65. The zero-order chi connectivity index (χ0) is 22.0. The first kappa shape index (κ1) is 20.9. The molecule has 3 aromatic rings. The van der Waals surface area contributed by atoms with Crippen molar-refractivity contribution in [2.45, 2.75) is 32.6 Å². The summed E-state index contributed by atoms with van der Waals surface area (Å²) in [5.41, 5.74) is 3.10. The van der Waals surface area contributed by atoms with Crippen molar-refractivity contribution in [2.75, 3.05) is 25.5 Å². The number of carbonyl (C=O) groups is 2. The highest BCUT2D eigenvalue weighted by Crippen LogP contribution is 2.27. The van der Waals surface area contributed by atoms with Gasteiger partial charge in [-0.25, -0.2) is 0 Å². The molecule has 1 atom stereocenters. The van der Waals surface area contributed by atoms with Gasteiger partial charge in [0.25, 0.3) is 5.91 Å². The van der Waals surface area contributed by atoms with Crippen LogP contribution in [0.4, 0.5) is 5.69 Å². The first-order valence-electron chi connectivity index (χ1n) is 10.8. The van der Waals surface area contributed by atoms with Gasteiger partial charge >= 0.3 is 0 Å². The largest absolute Gasteiger partial charge is 0.497 e. The summed E-state index contributed by atoms with van der Waals surface area (Å²) in [6.45, 7) is 5.40. The van der Waals surface area contributed by atoms with Gasteiger partial charge in [0.05, 0.1) is 13.0 Å². The number of hydrogen-bond donors (Lipinski definition) is 1. The normalized spacial score (nSPS) is 14.5. The van der Waals surface area contributed by atoms with Gasteiger partial charge < -0.3 is 15.0 Å². The van der Waals surface area contributed by atoms with Crippen molar-refractivity contribution in [1.29, 1.82) is 0 Å². The molecule has 1 N–H and O–H groups in total. The minimum Gasteiger partial charge on any atom is -0.497 e. The number of rotatable bonds is 5. The number of amides is 2. The second-order valence-electron chi connectivity index (χ2n) is 8.16. The molecular formula is C26H28N2O3. The lowest BCUT2D eigenvalue weighted by Gasteiger charge is -2.19. The predicted octanol–water partition coefficient (Wildman–Crippen LogP) is 5.14. The van der Waals surface area contributed by atoms with Crippen LogP contribution in [0.25, 0.3) is 10.8 Å². The van der Waals surface area contributed by atoms with Gasteiger partial charge in [-0.05, 0) is 72.9 Å². The van der Waals surface area contributed by atoms with Crippen LogP contribution in [0.1, 0.15) is 47.2 Å². The number of fused-ring (bicyclic) bond motifs is 1. The fraction of sp³-hybridized carbons (Fsp3) is 0.308. The Morgan fingerprint density at radius 2 is 1.71 bits per heavy atom. The highest BCUT2D eigenvalue weighted by atomic mass is 16.5. The summed E-state index contributed by atoms with van der Waals surface area (Å²) < 4.78 is 5.28. The summed E-state index contributed by atoms with van der Waals surface area (Å²) in [5, 5.41) is 5.16. The molecule has 160 valence electrons. The van der Waals surface area contributed by atoms with Crippen LogP contribution in [-0.4, -0.2) is 36.9 Å². The van der Waals surface area contributed by atoms with Gasteiger partial charge in [0.2, 0.25) is 5.91 Å². The van der Waals surface area contributed by atoms with Gasteiger partial charge in [-0.3, -0.25) is 9.59 Å². The van der Waals surface area contributed by atoms with Gasteiger partial charge in [-0.1, -0.05) is 30.3 Å². The first-order valence-corrected chi connectivity index (χ1v) is 10.8. The molecule has 0 radical (unpaired) electrons. The number of likely N-dealkylation sites (tertiary alicyclic amines) is 1. The molecule has 31 heavy (non-hydrogen) atoms. The average molecular weight is 417 g/mol. The van der Waals surface area contributed by atoms with E-state index in [1.54, 1.807) is 7.11 Å². The van der Waals surface area contributed by atoms with E-state index >= 15 is 0 Å². The van der Waals surface area contributed by atoms with E-state index in [2.05, 4.69) is 5.32 Å². The maximum Gasteiger partial charge on any atom is 0.254 e. The number of ether oxygens (including phenoxy) is 1. The van der Waals surface area contributed by atoms with E-state index in [1.807, 2.05) is 73.3 Å². The summed E-state index contributed by atoms with van der Waals surface area (Å²) in [4.78, 5) is 27.7. The van der Waals surface area contributed by atoms with Crippen LogP contribution in [0.3, 0.4) is 0 Å². The number of hydrogen-bond acceptors (Lipinski definition) is 3. The molecule has 0 bridgehead atoms. The highest BCUT2D eigenvalue weighted by molar-refractivity contribution is 6.01. The second kappa shape index (κ2) is 8.80. The predicted molar refractivity (Wildman–Crippen MR) is 124 cm³/mol. The molecule has 2 amide bonds. The standard InChI is InChI=1S/C26H28N2O3/c1-17(19-9-10-21-16-22(31-3)12-11-20(21)15-19)25(29)27-24-8-6-7-23(18(24)2)26(30)28-13-4-5-14-28/h6-12,15-17H,4-5,13-14H2,1-3H3,(H,27,29)/t17-/m0/s1. The molecule has 3 aromatic carbocycles. The third-order valence-electron chi connectivity index (χ3n) is 6.18. The molecule has 0 unspecified atom stereocenters. The van der Waals surface area contributed by atoms with Crippen molar-refractivity contribution >= 4 is 28.3 Å². The maximum atomic E-state index is 13.0. The molecule has 5 heteroatoms. The molecule has 1 aliphatic rings. The molecular weight excluding hydrogens is 388 g/mol. The van der Waals surface area contributed by atoms with E-state index < -0.39 is 0 Å². The maximum absolute atomic E-state index is 13.0. The van der Waals surface area contributed by atoms with Crippen LogP contribution < -0.4 is 10.1 Å². The van der Waals surface area contributed by atoms with Crippen LogP contribution in [0.5, 0.6) is 5.75 Å². The topological polar surface area (TPSA) is 58.6 Å². The third kappa shape index (κ3) is 4.26. The average Bonchev–Trinajstić information content (AvgIpc) is 3.33. The Morgan fingerprint density at radius 3 is 2.45 bits per heavy atom. The van der Waals surface area contributed by atoms with E-state index in [1.165, 1.54) is 0 Å². The summed E-state index contributed by atoms with van der Waals surface area (Å²) in [5.74, 6) is 0.430. The molecule has 1 heterocycles. The van der Waals surface area contributed by atoms with E-state index in [-0.39, 0.29) is 17.7 Å². The molecule has 5 nitrogen and oxygen atoms in total. The summed E-state index contributed by atoms with van der Waals surface area (Å²) in [6, 6.07) is 17.5. The Kier molecular flexibility index (Phi) is 5.94. The lowest BCUT2D eigenvalue weighted by Crippen LogP contribution is -2.28. The van der Waals surface area contributed by atoms with Gasteiger partial charge in [0, 0.05) is 24.3 Å². The Balaban J connectivity index is 1.53. The minimum absolute atomic E-state index is 0.0455. The zero-order valence-electron chi connectivity index (χ0n) is 18.3. The first-order chi connectivity index (χ1) is 15.0. The molecule has 4 rings (SSSR count). The van der Waals surface area contributed by atoms with Crippen LogP contribution in [0.15, 0.2) is 54.6 Å². The van der Waals surface area contributed by atoms with Crippen LogP contribution in [-0.2, 0) is 4.79 Å². The quantitative estimate of drug-likeness (QED) is 0.627. The number of methoxy groups -OCH3 is 1. The van der Waals surface area contributed by atoms with Crippen molar-refractivity contribution in [3.05, 3.63) is 71.3 Å². The fourth-order valence-electron chi connectivity index (χ4n) is 4.12. The molecule has 0 saturated carbocycles. The number of benzene rings is 3. The van der Waals surface area contributed by atoms with Gasteiger partial charge in [-0.15, -0.1) is 0 Å². The van der Waals surface area contributed by atoms with E-state index in [0.29, 0.717) is 11.3 Å². The van der Waals surface area contributed by atoms with Gasteiger partial charge in [0.1, 0.15) is 5.75 Å². The van der Waals surface area contributed by atoms with Gasteiger partial charge in [0.15, 0.2) is 0 Å². The van der Waals surface area contributed by atoms with E-state index in [4.69, 9.17) is 4.74 Å². The zero-order valence-corrected chi connectivity index (χ0v) is 18.3. The highest BCUT2D eigenvalue weighted by Gasteiger charge is 2.23. The van der Waals surface area contributed by atoms with Crippen molar-refractivity contribution in [2.24, 2.45) is 0 Å².